The molecule has 2 rings (SSSR count). The van der Waals surface area contributed by atoms with E-state index >= 15 is 0 Å². The van der Waals surface area contributed by atoms with Crippen molar-refractivity contribution in [2.45, 2.75) is 38.6 Å². The molecule has 6 nitrogen and oxygen atoms in total. The van der Waals surface area contributed by atoms with Crippen LogP contribution >= 0.6 is 0 Å². The highest BCUT2D eigenvalue weighted by Gasteiger charge is 2.28. The van der Waals surface area contributed by atoms with Crippen LogP contribution in [-0.2, 0) is 0 Å². The van der Waals surface area contributed by atoms with E-state index in [0.717, 1.165) is 19.3 Å². The third-order valence-corrected chi connectivity index (χ3v) is 4.00. The Morgan fingerprint density at radius 2 is 2.24 bits per heavy atom. The molecule has 6 heteroatoms. The van der Waals surface area contributed by atoms with Gasteiger partial charge in [-0.1, -0.05) is 0 Å². The highest BCUT2D eigenvalue weighted by molar-refractivity contribution is 5.96. The summed E-state index contributed by atoms with van der Waals surface area (Å²) >= 11 is 0. The molecular formula is C15H20N2O4. The molecule has 0 aromatic heterocycles. The Labute approximate surface area is 123 Å². The maximum absolute atomic E-state index is 12.7. The summed E-state index contributed by atoms with van der Waals surface area (Å²) in [4.78, 5) is 24.8. The first kappa shape index (κ1) is 15.4. The third-order valence-electron chi connectivity index (χ3n) is 4.00. The van der Waals surface area contributed by atoms with Gasteiger partial charge in [0, 0.05) is 36.9 Å². The first-order valence-corrected chi connectivity index (χ1v) is 7.21. The van der Waals surface area contributed by atoms with E-state index in [9.17, 15) is 14.9 Å². The Kier molecular flexibility index (Phi) is 4.90. The van der Waals surface area contributed by atoms with Gasteiger partial charge in [-0.2, -0.15) is 0 Å². The van der Waals surface area contributed by atoms with E-state index in [1.165, 1.54) is 18.2 Å². The zero-order valence-corrected chi connectivity index (χ0v) is 12.1. The Bertz CT molecular complexity index is 542. The molecule has 1 aliphatic heterocycles. The summed E-state index contributed by atoms with van der Waals surface area (Å²) in [6.45, 7) is 2.46. The fourth-order valence-electron chi connectivity index (χ4n) is 2.87. The van der Waals surface area contributed by atoms with Crippen LogP contribution in [0.4, 0.5) is 5.69 Å². The first-order chi connectivity index (χ1) is 10.0. The molecule has 1 saturated heterocycles. The van der Waals surface area contributed by atoms with Crippen LogP contribution in [0, 0.1) is 17.0 Å². The molecule has 0 saturated carbocycles. The predicted octanol–water partition coefficient (Wildman–Crippen LogP) is 2.28. The van der Waals surface area contributed by atoms with Gasteiger partial charge in [0.1, 0.15) is 0 Å². The summed E-state index contributed by atoms with van der Waals surface area (Å²) in [5.41, 5.74) is 1.11. The summed E-state index contributed by atoms with van der Waals surface area (Å²) < 4.78 is 0. The van der Waals surface area contributed by atoms with Crippen molar-refractivity contribution in [3.8, 4) is 0 Å². The number of amides is 1. The average Bonchev–Trinajstić information content (AvgIpc) is 2.47. The minimum Gasteiger partial charge on any atom is -0.396 e. The molecule has 1 amide bonds. The normalized spacial score (nSPS) is 18.6. The number of aliphatic hydroxyl groups is 1. The second-order valence-electron chi connectivity index (χ2n) is 5.42. The highest BCUT2D eigenvalue weighted by Crippen LogP contribution is 2.24. The van der Waals surface area contributed by atoms with Crippen molar-refractivity contribution in [3.63, 3.8) is 0 Å². The second-order valence-corrected chi connectivity index (χ2v) is 5.42. The molecule has 1 aliphatic rings. The van der Waals surface area contributed by atoms with E-state index in [0.29, 0.717) is 24.1 Å². The Hall–Kier alpha value is -1.95. The summed E-state index contributed by atoms with van der Waals surface area (Å²) in [6.07, 6.45) is 3.50. The topological polar surface area (TPSA) is 83.7 Å². The van der Waals surface area contributed by atoms with Crippen molar-refractivity contribution in [2.24, 2.45) is 0 Å². The molecule has 1 aromatic carbocycles. The van der Waals surface area contributed by atoms with Crippen molar-refractivity contribution >= 4 is 11.6 Å². The van der Waals surface area contributed by atoms with Crippen LogP contribution in [0.5, 0.6) is 0 Å². The van der Waals surface area contributed by atoms with Crippen molar-refractivity contribution in [1.82, 2.24) is 4.90 Å². The lowest BCUT2D eigenvalue weighted by Crippen LogP contribution is -2.44. The molecular weight excluding hydrogens is 272 g/mol. The van der Waals surface area contributed by atoms with Crippen LogP contribution in [0.15, 0.2) is 18.2 Å². The number of piperidine rings is 1. The molecule has 1 aromatic rings. The number of likely N-dealkylation sites (tertiary alicyclic amines) is 1. The van der Waals surface area contributed by atoms with Crippen molar-refractivity contribution in [2.75, 3.05) is 13.2 Å². The van der Waals surface area contributed by atoms with E-state index in [4.69, 9.17) is 5.11 Å². The highest BCUT2D eigenvalue weighted by atomic mass is 16.6. The zero-order valence-electron chi connectivity index (χ0n) is 12.1. The van der Waals surface area contributed by atoms with Gasteiger partial charge in [-0.05, 0) is 44.2 Å². The minimum atomic E-state index is -0.462. The number of aliphatic hydroxyl groups excluding tert-OH is 1. The van der Waals surface area contributed by atoms with Crippen LogP contribution < -0.4 is 0 Å². The van der Waals surface area contributed by atoms with Gasteiger partial charge < -0.3 is 10.0 Å². The fraction of sp³-hybridized carbons (Fsp3) is 0.533. The van der Waals surface area contributed by atoms with Crippen LogP contribution in [0.1, 0.15) is 41.6 Å². The molecule has 0 spiro atoms. The molecule has 21 heavy (non-hydrogen) atoms. The number of hydrogen-bond donors (Lipinski definition) is 1. The number of nitro benzene ring substituents is 1. The van der Waals surface area contributed by atoms with Crippen molar-refractivity contribution in [3.05, 3.63) is 39.4 Å². The fourth-order valence-corrected chi connectivity index (χ4v) is 2.87. The zero-order chi connectivity index (χ0) is 15.4. The van der Waals surface area contributed by atoms with E-state index in [2.05, 4.69) is 0 Å². The van der Waals surface area contributed by atoms with Gasteiger partial charge in [0.25, 0.3) is 11.6 Å². The number of aryl methyl sites for hydroxylation is 1. The number of rotatable bonds is 4. The SMILES string of the molecule is Cc1cc([N+](=O)[O-])ccc1C(=O)N1CCCCC1CCO. The molecule has 1 atom stereocenters. The van der Waals surface area contributed by atoms with Gasteiger partial charge >= 0.3 is 0 Å². The molecule has 1 heterocycles. The number of carbonyl (C=O) groups is 1. The molecule has 0 aliphatic carbocycles. The average molecular weight is 292 g/mol. The number of nitro groups is 1. The quantitative estimate of drug-likeness (QED) is 0.681. The molecule has 1 N–H and O–H groups in total. The minimum absolute atomic E-state index is 0.00500. The number of nitrogens with zero attached hydrogens (tertiary/aromatic N) is 2. The van der Waals surface area contributed by atoms with Gasteiger partial charge in [0.2, 0.25) is 0 Å². The lowest BCUT2D eigenvalue weighted by molar-refractivity contribution is -0.384. The smallest absolute Gasteiger partial charge is 0.269 e. The van der Waals surface area contributed by atoms with Gasteiger partial charge in [0.15, 0.2) is 0 Å². The molecule has 114 valence electrons. The van der Waals surface area contributed by atoms with Gasteiger partial charge in [-0.3, -0.25) is 14.9 Å². The Morgan fingerprint density at radius 3 is 2.86 bits per heavy atom. The van der Waals surface area contributed by atoms with E-state index < -0.39 is 4.92 Å². The number of non-ortho nitro benzene ring substituents is 1. The van der Waals surface area contributed by atoms with E-state index in [-0.39, 0.29) is 24.2 Å². The Balaban J connectivity index is 2.23. The predicted molar refractivity (Wildman–Crippen MR) is 78.2 cm³/mol. The Morgan fingerprint density at radius 1 is 1.48 bits per heavy atom. The van der Waals surface area contributed by atoms with Crippen molar-refractivity contribution < 1.29 is 14.8 Å². The standard InChI is InChI=1S/C15H20N2O4/c1-11-10-13(17(20)21)5-6-14(11)15(19)16-8-3-2-4-12(16)7-9-18/h5-6,10,12,18H,2-4,7-9H2,1H3. The lowest BCUT2D eigenvalue weighted by Gasteiger charge is -2.36. The molecule has 0 bridgehead atoms. The summed E-state index contributed by atoms with van der Waals surface area (Å²) in [6, 6.07) is 4.38. The molecule has 1 unspecified atom stereocenters. The maximum Gasteiger partial charge on any atom is 0.269 e. The summed E-state index contributed by atoms with van der Waals surface area (Å²) in [5.74, 6) is -0.0967. The second kappa shape index (κ2) is 6.67. The van der Waals surface area contributed by atoms with Crippen LogP contribution in [0.25, 0.3) is 0 Å². The summed E-state index contributed by atoms with van der Waals surface area (Å²) in [7, 11) is 0. The summed E-state index contributed by atoms with van der Waals surface area (Å²) in [5, 5.41) is 19.9. The number of carbonyl (C=O) groups excluding carboxylic acids is 1. The van der Waals surface area contributed by atoms with E-state index in [1.807, 2.05) is 0 Å². The lowest BCUT2D eigenvalue weighted by atomic mass is 9.97. The van der Waals surface area contributed by atoms with Crippen molar-refractivity contribution in [1.29, 1.82) is 0 Å². The van der Waals surface area contributed by atoms with Crippen LogP contribution in [0.2, 0.25) is 0 Å². The number of benzene rings is 1. The monoisotopic (exact) mass is 292 g/mol. The number of hydrogen-bond acceptors (Lipinski definition) is 4. The first-order valence-electron chi connectivity index (χ1n) is 7.21. The van der Waals surface area contributed by atoms with Gasteiger partial charge in [0.05, 0.1) is 4.92 Å². The van der Waals surface area contributed by atoms with Crippen LogP contribution in [0.3, 0.4) is 0 Å². The molecule has 1 fully saturated rings. The molecule has 0 radical (unpaired) electrons. The third kappa shape index (κ3) is 3.39. The maximum atomic E-state index is 12.7. The van der Waals surface area contributed by atoms with E-state index in [1.54, 1.807) is 11.8 Å². The van der Waals surface area contributed by atoms with Crippen LogP contribution in [-0.4, -0.2) is 40.0 Å². The largest absolute Gasteiger partial charge is 0.396 e. The van der Waals surface area contributed by atoms with Gasteiger partial charge in [-0.25, -0.2) is 0 Å². The van der Waals surface area contributed by atoms with Gasteiger partial charge in [-0.15, -0.1) is 0 Å².